The number of hydrogen-bond donors (Lipinski definition) is 0. The summed E-state index contributed by atoms with van der Waals surface area (Å²) in [6.45, 7) is 4.49. The molecule has 0 aliphatic heterocycles. The molecule has 3 heterocycles. The van der Waals surface area contributed by atoms with Crippen LogP contribution in [0.25, 0.3) is 21.1 Å². The third kappa shape index (κ3) is 1.93. The molecule has 0 aromatic carbocycles. The zero-order chi connectivity index (χ0) is 12.5. The molecule has 0 unspecified atom stereocenters. The Hall–Kier alpha value is -1.32. The highest BCUT2D eigenvalue weighted by molar-refractivity contribution is 7.14. The molecule has 0 aliphatic rings. The van der Waals surface area contributed by atoms with Gasteiger partial charge in [0.25, 0.3) is 0 Å². The molecule has 18 heavy (non-hydrogen) atoms. The molecule has 3 rings (SSSR count). The zero-order valence-electron chi connectivity index (χ0n) is 10.5. The molecule has 0 amide bonds. The topological polar surface area (TPSA) is 4.93 Å². The van der Waals surface area contributed by atoms with Crippen molar-refractivity contribution in [2.45, 2.75) is 19.9 Å². The highest BCUT2D eigenvalue weighted by Crippen LogP contribution is 2.35. The molecule has 0 bridgehead atoms. The van der Waals surface area contributed by atoms with Gasteiger partial charge in [-0.05, 0) is 48.9 Å². The van der Waals surface area contributed by atoms with E-state index in [1.807, 2.05) is 0 Å². The Bertz CT molecular complexity index is 564. The normalized spacial score (nSPS) is 11.3. The Morgan fingerprint density at radius 2 is 1.33 bits per heavy atom. The van der Waals surface area contributed by atoms with Crippen LogP contribution in [-0.4, -0.2) is 4.57 Å². The van der Waals surface area contributed by atoms with Gasteiger partial charge in [-0.1, -0.05) is 12.1 Å². The van der Waals surface area contributed by atoms with Gasteiger partial charge in [-0.15, -0.1) is 22.7 Å². The molecule has 3 heteroatoms. The lowest BCUT2D eigenvalue weighted by atomic mass is 10.3. The largest absolute Gasteiger partial charge is 0.337 e. The van der Waals surface area contributed by atoms with Gasteiger partial charge in [0.1, 0.15) is 0 Å². The molecule has 0 fully saturated rings. The minimum atomic E-state index is 0.467. The van der Waals surface area contributed by atoms with Crippen LogP contribution in [0.4, 0.5) is 0 Å². The average molecular weight is 273 g/mol. The molecule has 0 spiro atoms. The maximum Gasteiger partial charge on any atom is 0.0589 e. The summed E-state index contributed by atoms with van der Waals surface area (Å²) >= 11 is 3.60. The van der Waals surface area contributed by atoms with Crippen LogP contribution < -0.4 is 0 Å². The second-order valence-corrected chi connectivity index (χ2v) is 6.42. The summed E-state index contributed by atoms with van der Waals surface area (Å²) in [7, 11) is 0. The third-order valence-electron chi connectivity index (χ3n) is 2.98. The Morgan fingerprint density at radius 1 is 0.833 bits per heavy atom. The predicted molar refractivity (Wildman–Crippen MR) is 81.4 cm³/mol. The van der Waals surface area contributed by atoms with Crippen LogP contribution in [0.15, 0.2) is 47.2 Å². The fourth-order valence-corrected chi connectivity index (χ4v) is 3.75. The predicted octanol–water partition coefficient (Wildman–Crippen LogP) is 5.53. The van der Waals surface area contributed by atoms with E-state index in [0.717, 1.165) is 0 Å². The van der Waals surface area contributed by atoms with Crippen molar-refractivity contribution in [1.29, 1.82) is 0 Å². The molecule has 0 saturated carbocycles. The third-order valence-corrected chi connectivity index (χ3v) is 4.77. The first kappa shape index (κ1) is 11.8. The van der Waals surface area contributed by atoms with Crippen LogP contribution in [0.3, 0.4) is 0 Å². The van der Waals surface area contributed by atoms with Crippen molar-refractivity contribution in [2.75, 3.05) is 0 Å². The molecule has 0 radical (unpaired) electrons. The minimum Gasteiger partial charge on any atom is -0.337 e. The summed E-state index contributed by atoms with van der Waals surface area (Å²) in [5.41, 5.74) is 2.65. The quantitative estimate of drug-likeness (QED) is 0.591. The van der Waals surface area contributed by atoms with Crippen LogP contribution in [0.5, 0.6) is 0 Å². The Morgan fingerprint density at radius 3 is 1.67 bits per heavy atom. The Balaban J connectivity index is 2.18. The van der Waals surface area contributed by atoms with Crippen molar-refractivity contribution in [2.24, 2.45) is 0 Å². The van der Waals surface area contributed by atoms with Crippen LogP contribution in [0, 0.1) is 0 Å². The number of thiophene rings is 2. The molecule has 0 aliphatic carbocycles. The maximum absolute atomic E-state index is 2.43. The molecular weight excluding hydrogens is 258 g/mol. The fourth-order valence-electron chi connectivity index (χ4n) is 2.25. The van der Waals surface area contributed by atoms with Crippen molar-refractivity contribution in [3.05, 3.63) is 47.2 Å². The maximum atomic E-state index is 2.43. The molecule has 0 atom stereocenters. The van der Waals surface area contributed by atoms with Crippen LogP contribution in [0.2, 0.25) is 0 Å². The molecular formula is C15H15NS2. The van der Waals surface area contributed by atoms with Gasteiger partial charge < -0.3 is 4.57 Å². The summed E-state index contributed by atoms with van der Waals surface area (Å²) in [4.78, 5) is 2.68. The summed E-state index contributed by atoms with van der Waals surface area (Å²) < 4.78 is 2.43. The number of aromatic nitrogens is 1. The first-order valence-corrected chi connectivity index (χ1v) is 7.82. The smallest absolute Gasteiger partial charge is 0.0589 e. The molecule has 1 nitrogen and oxygen atoms in total. The van der Waals surface area contributed by atoms with Gasteiger partial charge in [0.15, 0.2) is 0 Å². The lowest BCUT2D eigenvalue weighted by Gasteiger charge is -2.16. The van der Waals surface area contributed by atoms with Crippen molar-refractivity contribution in [1.82, 2.24) is 4.57 Å². The molecule has 0 saturated heterocycles. The van der Waals surface area contributed by atoms with Gasteiger partial charge >= 0.3 is 0 Å². The van der Waals surface area contributed by atoms with Crippen molar-refractivity contribution in [3.8, 4) is 21.1 Å². The number of rotatable bonds is 3. The SMILES string of the molecule is CC(C)n1c(-c2cccs2)ccc1-c1cccs1. The van der Waals surface area contributed by atoms with Crippen LogP contribution >= 0.6 is 22.7 Å². The Labute approximate surface area is 115 Å². The summed E-state index contributed by atoms with van der Waals surface area (Å²) in [5, 5.41) is 4.27. The lowest BCUT2D eigenvalue weighted by Crippen LogP contribution is -2.03. The first-order valence-electron chi connectivity index (χ1n) is 6.06. The number of hydrogen-bond acceptors (Lipinski definition) is 2. The second kappa shape index (κ2) is 4.75. The van der Waals surface area contributed by atoms with Gasteiger partial charge in [0.05, 0.1) is 21.1 Å². The highest BCUT2D eigenvalue weighted by atomic mass is 32.1. The van der Waals surface area contributed by atoms with Gasteiger partial charge in [-0.2, -0.15) is 0 Å². The van der Waals surface area contributed by atoms with E-state index >= 15 is 0 Å². The van der Waals surface area contributed by atoms with E-state index in [2.05, 4.69) is 65.6 Å². The lowest BCUT2D eigenvalue weighted by molar-refractivity contribution is 0.617. The molecule has 3 aromatic heterocycles. The highest BCUT2D eigenvalue weighted by Gasteiger charge is 2.14. The van der Waals surface area contributed by atoms with Crippen molar-refractivity contribution < 1.29 is 0 Å². The van der Waals surface area contributed by atoms with E-state index in [1.165, 1.54) is 21.1 Å². The molecule has 92 valence electrons. The van der Waals surface area contributed by atoms with Crippen LogP contribution in [0.1, 0.15) is 19.9 Å². The zero-order valence-corrected chi connectivity index (χ0v) is 12.1. The standard InChI is InChI=1S/C15H15NS2/c1-11(2)16-12(14-5-3-9-17-14)7-8-13(16)15-6-4-10-18-15/h3-11H,1-2H3. The van der Waals surface area contributed by atoms with Gasteiger partial charge in [0, 0.05) is 6.04 Å². The summed E-state index contributed by atoms with van der Waals surface area (Å²) in [6, 6.07) is 13.6. The Kier molecular flexibility index (Phi) is 3.10. The minimum absolute atomic E-state index is 0.467. The second-order valence-electron chi connectivity index (χ2n) is 4.52. The molecule has 3 aromatic rings. The van der Waals surface area contributed by atoms with E-state index in [9.17, 15) is 0 Å². The first-order chi connectivity index (χ1) is 8.77. The summed E-state index contributed by atoms with van der Waals surface area (Å²) in [5.74, 6) is 0. The number of nitrogens with zero attached hydrogens (tertiary/aromatic N) is 1. The summed E-state index contributed by atoms with van der Waals surface area (Å²) in [6.07, 6.45) is 0. The fraction of sp³-hybridized carbons (Fsp3) is 0.200. The van der Waals surface area contributed by atoms with E-state index in [1.54, 1.807) is 22.7 Å². The van der Waals surface area contributed by atoms with Gasteiger partial charge in [-0.3, -0.25) is 0 Å². The average Bonchev–Trinajstić information content (AvgIpc) is 3.10. The van der Waals surface area contributed by atoms with E-state index in [0.29, 0.717) is 6.04 Å². The monoisotopic (exact) mass is 273 g/mol. The van der Waals surface area contributed by atoms with E-state index in [4.69, 9.17) is 0 Å². The van der Waals surface area contributed by atoms with Crippen LogP contribution in [-0.2, 0) is 0 Å². The molecule has 0 N–H and O–H groups in total. The van der Waals surface area contributed by atoms with E-state index in [-0.39, 0.29) is 0 Å². The van der Waals surface area contributed by atoms with Gasteiger partial charge in [-0.25, -0.2) is 0 Å². The van der Waals surface area contributed by atoms with Crippen molar-refractivity contribution in [3.63, 3.8) is 0 Å². The van der Waals surface area contributed by atoms with Crippen molar-refractivity contribution >= 4 is 22.7 Å². The van der Waals surface area contributed by atoms with E-state index < -0.39 is 0 Å². The van der Waals surface area contributed by atoms with Gasteiger partial charge in [0.2, 0.25) is 0 Å².